The molecule has 9 heteroatoms. The van der Waals surface area contributed by atoms with Gasteiger partial charge < -0.3 is 16.5 Å². The lowest BCUT2D eigenvalue weighted by molar-refractivity contribution is 0.283. The van der Waals surface area contributed by atoms with Gasteiger partial charge >= 0.3 is 0 Å². The highest BCUT2D eigenvalue weighted by Crippen LogP contribution is 2.35. The molecule has 0 radical (unpaired) electrons. The summed E-state index contributed by atoms with van der Waals surface area (Å²) >= 11 is 0. The molecule has 0 bridgehead atoms. The van der Waals surface area contributed by atoms with Gasteiger partial charge in [0.25, 0.3) is 0 Å². The molecule has 0 spiro atoms. The van der Waals surface area contributed by atoms with Gasteiger partial charge in [0.05, 0.1) is 17.1 Å². The van der Waals surface area contributed by atoms with Crippen LogP contribution in [0.5, 0.6) is 0 Å². The molecule has 29 heavy (non-hydrogen) atoms. The van der Waals surface area contributed by atoms with E-state index < -0.39 is 0 Å². The second-order valence-corrected chi connectivity index (χ2v) is 7.07. The van der Waals surface area contributed by atoms with Crippen molar-refractivity contribution < 1.29 is 9.87 Å². The summed E-state index contributed by atoms with van der Waals surface area (Å²) in [6.45, 7) is 6.61. The van der Waals surface area contributed by atoms with E-state index in [9.17, 15) is 4.39 Å². The van der Waals surface area contributed by atoms with Gasteiger partial charge in [0.1, 0.15) is 24.0 Å². The molecule has 1 aliphatic heterocycles. The summed E-state index contributed by atoms with van der Waals surface area (Å²) in [5, 5.41) is 6.24. The molecule has 2 aliphatic rings. The van der Waals surface area contributed by atoms with Gasteiger partial charge in [0, 0.05) is 20.2 Å². The Labute approximate surface area is 170 Å². The number of amidine groups is 1. The maximum absolute atomic E-state index is 12.4. The fourth-order valence-corrected chi connectivity index (χ4v) is 4.03. The maximum Gasteiger partial charge on any atom is 0.152 e. The lowest BCUT2D eigenvalue weighted by Gasteiger charge is -2.37. The Balaban J connectivity index is 0.000000200. The van der Waals surface area contributed by atoms with Crippen molar-refractivity contribution in [2.45, 2.75) is 38.1 Å². The van der Waals surface area contributed by atoms with Crippen LogP contribution in [0.25, 0.3) is 11.0 Å². The van der Waals surface area contributed by atoms with E-state index in [2.05, 4.69) is 45.0 Å². The summed E-state index contributed by atoms with van der Waals surface area (Å²) in [6, 6.07) is 5.34. The summed E-state index contributed by atoms with van der Waals surface area (Å²) in [5.41, 5.74) is 8.86. The normalized spacial score (nSPS) is 15.8. The molecule has 5 rings (SSSR count). The summed E-state index contributed by atoms with van der Waals surface area (Å²) in [7, 11) is 3.96. The fraction of sp³-hybridized carbons (Fsp3) is 0.450. The third kappa shape index (κ3) is 4.24. The van der Waals surface area contributed by atoms with Crippen LogP contribution in [0.2, 0.25) is 0 Å². The minimum absolute atomic E-state index is 0. The summed E-state index contributed by atoms with van der Waals surface area (Å²) in [4.78, 5) is 4.20. The lowest BCUT2D eigenvalue weighted by Crippen LogP contribution is -2.40. The Kier molecular flexibility index (Phi) is 7.33. The maximum atomic E-state index is 12.4. The number of rotatable bonds is 1. The number of nitrogens with one attached hydrogen (secondary N) is 2. The quantitative estimate of drug-likeness (QED) is 0.540. The number of aliphatic imine (C=N–C) groups is 1. The molecule has 3 aromatic rings. The number of aromatic amines is 1. The average Bonchev–Trinajstić information content (AvgIpc) is 2.69. The Hall–Kier alpha value is -2.94. The van der Waals surface area contributed by atoms with E-state index in [1.54, 1.807) is 6.07 Å². The molecule has 1 aliphatic carbocycles. The minimum Gasteiger partial charge on any atom is -0.412 e. The van der Waals surface area contributed by atoms with Gasteiger partial charge in [-0.3, -0.25) is 19.1 Å². The molecule has 1 saturated carbocycles. The van der Waals surface area contributed by atoms with Crippen molar-refractivity contribution in [1.82, 2.24) is 19.1 Å². The van der Waals surface area contributed by atoms with Crippen molar-refractivity contribution in [1.29, 1.82) is 0 Å². The van der Waals surface area contributed by atoms with Crippen LogP contribution in [0.3, 0.4) is 0 Å². The van der Waals surface area contributed by atoms with E-state index in [0.717, 1.165) is 16.7 Å². The van der Waals surface area contributed by atoms with E-state index >= 15 is 0 Å². The summed E-state index contributed by atoms with van der Waals surface area (Å²) in [6.07, 6.45) is 6.67. The molecule has 3 heterocycles. The standard InChI is InChI=1S/C11H19N5.C7H7FN2.C2H4.H2O/c1-15-9-10(12)13-7-14-11(9)16(15)8-5-3-2-4-6-8;1-10-7-3-2-5(8)4-6(7)9-10;1-2;/h8,14H,2-7H2,1H3,(H2,12,13);2-4,9H,1H3;1-2H2;1H2. The number of benzene rings is 1. The van der Waals surface area contributed by atoms with Crippen LogP contribution in [0, 0.1) is 5.82 Å². The molecule has 0 saturated heterocycles. The number of aromatic nitrogens is 4. The number of hydrogen-bond acceptors (Lipinski definition) is 3. The number of aryl methyl sites for hydroxylation is 1. The molecule has 0 unspecified atom stereocenters. The van der Waals surface area contributed by atoms with Gasteiger partial charge in [-0.25, -0.2) is 9.38 Å². The SMILES string of the molecule is C=C.Cn1[nH]c2cc(F)ccc21.Cn1c2c(n1C1CCCCC1)NCN=C2N.O. The predicted octanol–water partition coefficient (Wildman–Crippen LogP) is 3.04. The summed E-state index contributed by atoms with van der Waals surface area (Å²) in [5.74, 6) is 1.66. The monoisotopic (exact) mass is 405 g/mol. The van der Waals surface area contributed by atoms with Crippen molar-refractivity contribution >= 4 is 22.7 Å². The van der Waals surface area contributed by atoms with Crippen LogP contribution in [0.15, 0.2) is 36.3 Å². The van der Waals surface area contributed by atoms with Crippen LogP contribution >= 0.6 is 0 Å². The number of anilines is 1. The van der Waals surface area contributed by atoms with Crippen molar-refractivity contribution in [3.05, 3.63) is 42.9 Å². The highest BCUT2D eigenvalue weighted by molar-refractivity contribution is 6.02. The second kappa shape index (κ2) is 9.51. The van der Waals surface area contributed by atoms with Gasteiger partial charge in [-0.05, 0) is 25.0 Å². The third-order valence-electron chi connectivity index (χ3n) is 5.37. The molecular formula is C20H32FN7O. The average molecular weight is 406 g/mol. The Bertz CT molecular complexity index is 952. The van der Waals surface area contributed by atoms with E-state index in [4.69, 9.17) is 5.73 Å². The molecule has 160 valence electrons. The molecule has 2 aromatic heterocycles. The molecule has 6 N–H and O–H groups in total. The fourth-order valence-electron chi connectivity index (χ4n) is 4.03. The van der Waals surface area contributed by atoms with Crippen LogP contribution in [-0.2, 0) is 14.1 Å². The highest BCUT2D eigenvalue weighted by atomic mass is 19.1. The molecule has 0 amide bonds. The molecule has 8 nitrogen and oxygen atoms in total. The first-order valence-electron chi connectivity index (χ1n) is 9.67. The number of halogens is 1. The lowest BCUT2D eigenvalue weighted by atomic mass is 9.95. The third-order valence-corrected chi connectivity index (χ3v) is 5.37. The largest absolute Gasteiger partial charge is 0.412 e. The molecular weight excluding hydrogens is 373 g/mol. The van der Waals surface area contributed by atoms with Crippen LogP contribution in [0.4, 0.5) is 10.2 Å². The first-order valence-corrected chi connectivity index (χ1v) is 9.67. The van der Waals surface area contributed by atoms with E-state index in [1.165, 1.54) is 50.1 Å². The van der Waals surface area contributed by atoms with Crippen molar-refractivity contribution in [2.75, 3.05) is 12.0 Å². The first-order chi connectivity index (χ1) is 13.6. The zero-order valence-electron chi connectivity index (χ0n) is 17.2. The number of nitrogens with zero attached hydrogens (tertiary/aromatic N) is 4. The van der Waals surface area contributed by atoms with Crippen molar-refractivity contribution in [3.63, 3.8) is 0 Å². The number of H-pyrrole nitrogens is 1. The summed E-state index contributed by atoms with van der Waals surface area (Å²) < 4.78 is 18.8. The van der Waals surface area contributed by atoms with Gasteiger partial charge in [-0.15, -0.1) is 13.2 Å². The van der Waals surface area contributed by atoms with Gasteiger partial charge in [0.15, 0.2) is 5.82 Å². The zero-order valence-corrected chi connectivity index (χ0v) is 17.2. The minimum atomic E-state index is -0.195. The number of hydrogen-bond donors (Lipinski definition) is 3. The van der Waals surface area contributed by atoms with Gasteiger partial charge in [0.2, 0.25) is 0 Å². The Morgan fingerprint density at radius 1 is 1.17 bits per heavy atom. The second-order valence-electron chi connectivity index (χ2n) is 7.07. The number of nitrogens with two attached hydrogens (primary N) is 1. The first kappa shape index (κ1) is 22.4. The number of fused-ring (bicyclic) bond motifs is 2. The van der Waals surface area contributed by atoms with Crippen LogP contribution in [0.1, 0.15) is 43.8 Å². The van der Waals surface area contributed by atoms with Crippen LogP contribution in [-0.4, -0.2) is 37.1 Å². The predicted molar refractivity (Wildman–Crippen MR) is 117 cm³/mol. The van der Waals surface area contributed by atoms with Crippen LogP contribution < -0.4 is 11.1 Å². The molecule has 1 fully saturated rings. The van der Waals surface area contributed by atoms with E-state index in [1.807, 2.05) is 11.7 Å². The van der Waals surface area contributed by atoms with Crippen molar-refractivity contribution in [3.8, 4) is 0 Å². The Morgan fingerprint density at radius 3 is 2.48 bits per heavy atom. The van der Waals surface area contributed by atoms with Gasteiger partial charge in [-0.1, -0.05) is 19.3 Å². The molecule has 0 atom stereocenters. The highest BCUT2D eigenvalue weighted by Gasteiger charge is 2.29. The topological polar surface area (TPSA) is 112 Å². The zero-order chi connectivity index (χ0) is 20.3. The van der Waals surface area contributed by atoms with Gasteiger partial charge in [-0.2, -0.15) is 0 Å². The Morgan fingerprint density at radius 2 is 1.86 bits per heavy atom. The van der Waals surface area contributed by atoms with E-state index in [0.29, 0.717) is 18.5 Å². The van der Waals surface area contributed by atoms with E-state index in [-0.39, 0.29) is 11.3 Å². The van der Waals surface area contributed by atoms with Crippen molar-refractivity contribution in [2.24, 2.45) is 24.8 Å². The smallest absolute Gasteiger partial charge is 0.152 e. The molecule has 1 aromatic carbocycles.